The Balaban J connectivity index is 1.20. The van der Waals surface area contributed by atoms with Crippen molar-refractivity contribution in [3.63, 3.8) is 0 Å². The molecule has 0 aliphatic heterocycles. The number of hydrogen-bond acceptors (Lipinski definition) is 1. The molecular weight excluding hydrogens is 530 g/mol. The first kappa shape index (κ1) is 27.2. The van der Waals surface area contributed by atoms with E-state index < -0.39 is 0 Å². The van der Waals surface area contributed by atoms with Crippen LogP contribution in [-0.4, -0.2) is 0 Å². The highest BCUT2D eigenvalue weighted by Gasteiger charge is 2.15. The van der Waals surface area contributed by atoms with Crippen molar-refractivity contribution in [2.45, 2.75) is 6.92 Å². The Hall–Kier alpha value is -5.66. The molecule has 210 valence electrons. The molecule has 1 nitrogen and oxygen atoms in total. The average Bonchev–Trinajstić information content (AvgIpc) is 3.09. The summed E-state index contributed by atoms with van der Waals surface area (Å²) in [7, 11) is 0. The third-order valence-electron chi connectivity index (χ3n) is 8.16. The summed E-state index contributed by atoms with van der Waals surface area (Å²) < 4.78 is 0. The van der Waals surface area contributed by atoms with Gasteiger partial charge >= 0.3 is 0 Å². The molecule has 7 rings (SSSR count). The summed E-state index contributed by atoms with van der Waals surface area (Å²) >= 11 is 0. The number of anilines is 3. The minimum Gasteiger partial charge on any atom is -0.310 e. The van der Waals surface area contributed by atoms with E-state index in [-0.39, 0.29) is 0 Å². The normalized spacial score (nSPS) is 11.2. The Morgan fingerprint density at radius 3 is 1.43 bits per heavy atom. The van der Waals surface area contributed by atoms with Crippen LogP contribution in [0.25, 0.3) is 45.2 Å². The molecule has 0 amide bonds. The Bertz CT molecular complexity index is 2010. The van der Waals surface area contributed by atoms with E-state index >= 15 is 0 Å². The van der Waals surface area contributed by atoms with E-state index in [2.05, 4.69) is 194 Å². The molecule has 0 unspecified atom stereocenters. The molecule has 0 radical (unpaired) electrons. The Labute approximate surface area is 260 Å². The van der Waals surface area contributed by atoms with Crippen LogP contribution in [0.15, 0.2) is 170 Å². The standard InChI is InChI=1S/C43H33N/c1-32-14-16-33(17-15-32)18-19-34-20-22-36(23-21-34)38-26-30-41(31-27-38)44(43-13-7-11-39-10-5-6-12-42(39)43)40-28-24-37(25-29-40)35-8-3-2-4-9-35/h2-31H,1H3/b19-18-. The monoisotopic (exact) mass is 563 g/mol. The lowest BCUT2D eigenvalue weighted by Crippen LogP contribution is -2.10. The highest BCUT2D eigenvalue weighted by molar-refractivity contribution is 5.99. The van der Waals surface area contributed by atoms with Gasteiger partial charge in [-0.05, 0) is 76.0 Å². The van der Waals surface area contributed by atoms with E-state index in [9.17, 15) is 0 Å². The molecule has 7 aromatic carbocycles. The maximum atomic E-state index is 2.36. The summed E-state index contributed by atoms with van der Waals surface area (Å²) in [6.07, 6.45) is 4.33. The summed E-state index contributed by atoms with van der Waals surface area (Å²) in [5.41, 5.74) is 11.9. The van der Waals surface area contributed by atoms with Gasteiger partial charge in [0.25, 0.3) is 0 Å². The quantitative estimate of drug-likeness (QED) is 0.174. The first-order chi connectivity index (χ1) is 21.7. The number of rotatable bonds is 7. The predicted octanol–water partition coefficient (Wildman–Crippen LogP) is 12.1. The molecule has 0 heterocycles. The molecule has 44 heavy (non-hydrogen) atoms. The van der Waals surface area contributed by atoms with Crippen molar-refractivity contribution < 1.29 is 0 Å². The molecule has 0 spiro atoms. The van der Waals surface area contributed by atoms with Crippen LogP contribution in [0.4, 0.5) is 17.1 Å². The zero-order chi connectivity index (χ0) is 29.7. The fourth-order valence-electron chi connectivity index (χ4n) is 5.72. The first-order valence-electron chi connectivity index (χ1n) is 15.1. The summed E-state index contributed by atoms with van der Waals surface area (Å²) in [4.78, 5) is 2.36. The van der Waals surface area contributed by atoms with Crippen LogP contribution in [0, 0.1) is 6.92 Å². The maximum absolute atomic E-state index is 2.36. The molecule has 0 aliphatic carbocycles. The van der Waals surface area contributed by atoms with Crippen LogP contribution in [0.5, 0.6) is 0 Å². The lowest BCUT2D eigenvalue weighted by molar-refractivity contribution is 1.30. The number of fused-ring (bicyclic) bond motifs is 1. The van der Waals surface area contributed by atoms with Gasteiger partial charge in [-0.3, -0.25) is 0 Å². The van der Waals surface area contributed by atoms with E-state index in [0.717, 1.165) is 17.1 Å². The molecule has 7 aromatic rings. The Morgan fingerprint density at radius 1 is 0.386 bits per heavy atom. The van der Waals surface area contributed by atoms with Crippen molar-refractivity contribution in [1.29, 1.82) is 0 Å². The van der Waals surface area contributed by atoms with Crippen LogP contribution in [0.2, 0.25) is 0 Å². The minimum absolute atomic E-state index is 1.12. The van der Waals surface area contributed by atoms with Gasteiger partial charge in [-0.25, -0.2) is 0 Å². The van der Waals surface area contributed by atoms with E-state index in [4.69, 9.17) is 0 Å². The summed E-state index contributed by atoms with van der Waals surface area (Å²) in [6, 6.07) is 60.8. The van der Waals surface area contributed by atoms with E-state index in [1.807, 2.05) is 0 Å². The largest absolute Gasteiger partial charge is 0.310 e. The summed E-state index contributed by atoms with van der Waals surface area (Å²) in [5.74, 6) is 0. The summed E-state index contributed by atoms with van der Waals surface area (Å²) in [5, 5.41) is 2.45. The van der Waals surface area contributed by atoms with Gasteiger partial charge in [-0.1, -0.05) is 157 Å². The first-order valence-corrected chi connectivity index (χ1v) is 15.1. The Kier molecular flexibility index (Phi) is 7.60. The van der Waals surface area contributed by atoms with Gasteiger partial charge in [0.05, 0.1) is 5.69 Å². The van der Waals surface area contributed by atoms with Crippen molar-refractivity contribution in [3.05, 3.63) is 187 Å². The van der Waals surface area contributed by atoms with Gasteiger partial charge in [0.2, 0.25) is 0 Å². The van der Waals surface area contributed by atoms with Gasteiger partial charge in [0.15, 0.2) is 0 Å². The van der Waals surface area contributed by atoms with Crippen molar-refractivity contribution in [1.82, 2.24) is 0 Å². The molecular formula is C43H33N. The lowest BCUT2D eigenvalue weighted by Gasteiger charge is -2.27. The minimum atomic E-state index is 1.12. The molecule has 0 saturated heterocycles. The number of hydrogen-bond donors (Lipinski definition) is 0. The zero-order valence-corrected chi connectivity index (χ0v) is 24.8. The highest BCUT2D eigenvalue weighted by atomic mass is 15.1. The molecule has 0 fully saturated rings. The molecule has 0 atom stereocenters. The number of nitrogens with zero attached hydrogens (tertiary/aromatic N) is 1. The van der Waals surface area contributed by atoms with Crippen molar-refractivity contribution in [2.24, 2.45) is 0 Å². The van der Waals surface area contributed by atoms with Gasteiger partial charge in [0, 0.05) is 16.8 Å². The van der Waals surface area contributed by atoms with Crippen molar-refractivity contribution >= 4 is 40.0 Å². The van der Waals surface area contributed by atoms with Gasteiger partial charge < -0.3 is 4.90 Å². The van der Waals surface area contributed by atoms with Crippen LogP contribution >= 0.6 is 0 Å². The second-order valence-electron chi connectivity index (χ2n) is 11.2. The average molecular weight is 564 g/mol. The number of benzene rings is 7. The van der Waals surface area contributed by atoms with E-state index in [1.165, 1.54) is 49.7 Å². The second-order valence-corrected chi connectivity index (χ2v) is 11.2. The van der Waals surface area contributed by atoms with Gasteiger partial charge in [0.1, 0.15) is 0 Å². The molecule has 0 bridgehead atoms. The van der Waals surface area contributed by atoms with E-state index in [1.54, 1.807) is 0 Å². The Morgan fingerprint density at radius 2 is 0.841 bits per heavy atom. The van der Waals surface area contributed by atoms with E-state index in [0.29, 0.717) is 0 Å². The fourth-order valence-corrected chi connectivity index (χ4v) is 5.72. The maximum Gasteiger partial charge on any atom is 0.0540 e. The molecule has 1 heteroatoms. The van der Waals surface area contributed by atoms with Crippen molar-refractivity contribution in [2.75, 3.05) is 4.90 Å². The van der Waals surface area contributed by atoms with Crippen LogP contribution in [0.3, 0.4) is 0 Å². The summed E-state index contributed by atoms with van der Waals surface area (Å²) in [6.45, 7) is 2.11. The molecule has 0 saturated carbocycles. The van der Waals surface area contributed by atoms with Crippen LogP contribution < -0.4 is 4.90 Å². The smallest absolute Gasteiger partial charge is 0.0540 e. The van der Waals surface area contributed by atoms with Crippen LogP contribution in [-0.2, 0) is 0 Å². The SMILES string of the molecule is Cc1ccc(/C=C\c2ccc(-c3ccc(N(c4ccc(-c5ccccc5)cc4)c4cccc5ccccc45)cc3)cc2)cc1. The second kappa shape index (κ2) is 12.3. The third-order valence-corrected chi connectivity index (χ3v) is 8.16. The van der Waals surface area contributed by atoms with Crippen LogP contribution in [0.1, 0.15) is 16.7 Å². The molecule has 0 aliphatic rings. The highest BCUT2D eigenvalue weighted by Crippen LogP contribution is 2.40. The predicted molar refractivity (Wildman–Crippen MR) is 190 cm³/mol. The van der Waals surface area contributed by atoms with Gasteiger partial charge in [-0.15, -0.1) is 0 Å². The molecule has 0 aromatic heterocycles. The fraction of sp³-hybridized carbons (Fsp3) is 0.0233. The number of aryl methyl sites for hydroxylation is 1. The third kappa shape index (κ3) is 5.82. The van der Waals surface area contributed by atoms with Crippen molar-refractivity contribution in [3.8, 4) is 22.3 Å². The topological polar surface area (TPSA) is 3.24 Å². The zero-order valence-electron chi connectivity index (χ0n) is 24.8. The lowest BCUT2D eigenvalue weighted by atomic mass is 10.0. The van der Waals surface area contributed by atoms with Gasteiger partial charge in [-0.2, -0.15) is 0 Å². The molecule has 0 N–H and O–H groups in total.